The SMILES string of the molecule is CSC1CCCC(Nc2nc(F)c(F)cc2F)C1. The fourth-order valence-electron chi connectivity index (χ4n) is 2.23. The van der Waals surface area contributed by atoms with Crippen molar-refractivity contribution in [2.24, 2.45) is 0 Å². The third-order valence-corrected chi connectivity index (χ3v) is 4.28. The number of thioether (sulfide) groups is 1. The van der Waals surface area contributed by atoms with Crippen molar-refractivity contribution in [1.82, 2.24) is 4.98 Å². The normalized spacial score (nSPS) is 24.0. The second-order valence-electron chi connectivity index (χ2n) is 4.46. The van der Waals surface area contributed by atoms with Crippen LogP contribution in [0.2, 0.25) is 0 Å². The van der Waals surface area contributed by atoms with Crippen LogP contribution in [-0.2, 0) is 0 Å². The molecule has 1 aromatic heterocycles. The number of nitrogens with one attached hydrogen (secondary N) is 1. The van der Waals surface area contributed by atoms with Crippen LogP contribution in [0.5, 0.6) is 0 Å². The lowest BCUT2D eigenvalue weighted by atomic mass is 9.95. The number of anilines is 1. The molecule has 0 bridgehead atoms. The Morgan fingerprint density at radius 3 is 2.78 bits per heavy atom. The molecular formula is C12H15F3N2S. The van der Waals surface area contributed by atoms with Crippen LogP contribution in [-0.4, -0.2) is 22.5 Å². The Labute approximate surface area is 108 Å². The van der Waals surface area contributed by atoms with E-state index in [4.69, 9.17) is 0 Å². The molecule has 1 aliphatic rings. The third-order valence-electron chi connectivity index (χ3n) is 3.19. The molecule has 18 heavy (non-hydrogen) atoms. The highest BCUT2D eigenvalue weighted by atomic mass is 32.2. The van der Waals surface area contributed by atoms with Crippen molar-refractivity contribution in [3.05, 3.63) is 23.6 Å². The van der Waals surface area contributed by atoms with Crippen molar-refractivity contribution in [2.45, 2.75) is 37.0 Å². The molecule has 0 saturated heterocycles. The number of rotatable bonds is 3. The molecule has 1 aliphatic carbocycles. The number of hydrogen-bond donors (Lipinski definition) is 1. The van der Waals surface area contributed by atoms with Gasteiger partial charge in [-0.15, -0.1) is 0 Å². The van der Waals surface area contributed by atoms with E-state index in [0.717, 1.165) is 25.7 Å². The number of hydrogen-bond acceptors (Lipinski definition) is 3. The van der Waals surface area contributed by atoms with Crippen molar-refractivity contribution in [3.8, 4) is 0 Å². The smallest absolute Gasteiger partial charge is 0.251 e. The van der Waals surface area contributed by atoms with E-state index in [1.165, 1.54) is 0 Å². The van der Waals surface area contributed by atoms with Crippen LogP contribution in [0.3, 0.4) is 0 Å². The molecule has 0 aliphatic heterocycles. The average Bonchev–Trinajstić information content (AvgIpc) is 2.36. The van der Waals surface area contributed by atoms with E-state index < -0.39 is 17.6 Å². The quantitative estimate of drug-likeness (QED) is 0.854. The van der Waals surface area contributed by atoms with Crippen LogP contribution in [0.1, 0.15) is 25.7 Å². The zero-order valence-corrected chi connectivity index (χ0v) is 10.9. The Hall–Kier alpha value is -0.910. The van der Waals surface area contributed by atoms with Gasteiger partial charge in [-0.25, -0.2) is 8.78 Å². The van der Waals surface area contributed by atoms with Crippen LogP contribution in [0.4, 0.5) is 19.0 Å². The lowest BCUT2D eigenvalue weighted by Gasteiger charge is -2.29. The van der Waals surface area contributed by atoms with Crippen molar-refractivity contribution in [1.29, 1.82) is 0 Å². The second kappa shape index (κ2) is 5.82. The summed E-state index contributed by atoms with van der Waals surface area (Å²) in [7, 11) is 0. The number of aromatic nitrogens is 1. The lowest BCUT2D eigenvalue weighted by molar-refractivity contribution is 0.452. The maximum Gasteiger partial charge on any atom is 0.251 e. The minimum atomic E-state index is -1.27. The molecular weight excluding hydrogens is 261 g/mol. The Balaban J connectivity index is 2.07. The summed E-state index contributed by atoms with van der Waals surface area (Å²) in [5, 5.41) is 3.41. The van der Waals surface area contributed by atoms with Gasteiger partial charge in [0.2, 0.25) is 0 Å². The van der Waals surface area contributed by atoms with Crippen LogP contribution >= 0.6 is 11.8 Å². The highest BCUT2D eigenvalue weighted by Crippen LogP contribution is 2.29. The minimum absolute atomic E-state index is 0.0723. The fraction of sp³-hybridized carbons (Fsp3) is 0.583. The Morgan fingerprint density at radius 1 is 1.28 bits per heavy atom. The maximum absolute atomic E-state index is 13.4. The minimum Gasteiger partial charge on any atom is -0.365 e. The van der Waals surface area contributed by atoms with E-state index in [1.807, 2.05) is 6.26 Å². The van der Waals surface area contributed by atoms with Gasteiger partial charge in [0.25, 0.3) is 5.95 Å². The van der Waals surface area contributed by atoms with E-state index in [2.05, 4.69) is 10.3 Å². The van der Waals surface area contributed by atoms with E-state index >= 15 is 0 Å². The summed E-state index contributed by atoms with van der Waals surface area (Å²) in [6.45, 7) is 0. The maximum atomic E-state index is 13.4. The predicted molar refractivity (Wildman–Crippen MR) is 67.3 cm³/mol. The van der Waals surface area contributed by atoms with Gasteiger partial charge in [0.15, 0.2) is 17.5 Å². The predicted octanol–water partition coefficient (Wildman–Crippen LogP) is 3.59. The molecule has 2 nitrogen and oxygen atoms in total. The summed E-state index contributed by atoms with van der Waals surface area (Å²) in [6, 6.07) is 0.600. The van der Waals surface area contributed by atoms with Crippen LogP contribution in [0.25, 0.3) is 0 Å². The third kappa shape index (κ3) is 3.10. The van der Waals surface area contributed by atoms with Gasteiger partial charge < -0.3 is 5.32 Å². The Bertz CT molecular complexity index is 428. The molecule has 2 atom stereocenters. The van der Waals surface area contributed by atoms with Crippen LogP contribution < -0.4 is 5.32 Å². The van der Waals surface area contributed by atoms with Crippen molar-refractivity contribution in [3.63, 3.8) is 0 Å². The Morgan fingerprint density at radius 2 is 2.06 bits per heavy atom. The summed E-state index contributed by atoms with van der Waals surface area (Å²) in [5.41, 5.74) is 0. The van der Waals surface area contributed by atoms with Crippen molar-refractivity contribution < 1.29 is 13.2 Å². The molecule has 0 amide bonds. The zero-order chi connectivity index (χ0) is 13.1. The van der Waals surface area contributed by atoms with Gasteiger partial charge in [-0.1, -0.05) is 6.42 Å². The molecule has 1 saturated carbocycles. The Kier molecular flexibility index (Phi) is 4.37. The molecule has 2 rings (SSSR count). The molecule has 1 aromatic rings. The van der Waals surface area contributed by atoms with E-state index in [0.29, 0.717) is 11.3 Å². The molecule has 0 radical (unpaired) electrons. The molecule has 100 valence electrons. The van der Waals surface area contributed by atoms with Crippen molar-refractivity contribution >= 4 is 17.6 Å². The average molecular weight is 276 g/mol. The van der Waals surface area contributed by atoms with E-state index in [-0.39, 0.29) is 11.9 Å². The topological polar surface area (TPSA) is 24.9 Å². The van der Waals surface area contributed by atoms with E-state index in [9.17, 15) is 13.2 Å². The number of pyridine rings is 1. The zero-order valence-electron chi connectivity index (χ0n) is 10.0. The summed E-state index contributed by atoms with van der Waals surface area (Å²) in [5.74, 6) is -3.57. The summed E-state index contributed by atoms with van der Waals surface area (Å²) in [6.07, 6.45) is 6.03. The first-order valence-electron chi connectivity index (χ1n) is 5.91. The van der Waals surface area contributed by atoms with Gasteiger partial charge >= 0.3 is 0 Å². The standard InChI is InChI=1S/C12H15F3N2S/c1-18-8-4-2-3-7(5-8)16-12-10(14)6-9(13)11(15)17-12/h6-8H,2-5H2,1H3,(H,16,17). The first kappa shape index (κ1) is 13.5. The molecule has 6 heteroatoms. The van der Waals surface area contributed by atoms with Crippen LogP contribution in [0.15, 0.2) is 6.07 Å². The number of halogens is 3. The lowest BCUT2D eigenvalue weighted by Crippen LogP contribution is -2.29. The molecule has 0 spiro atoms. The largest absolute Gasteiger partial charge is 0.365 e. The summed E-state index contributed by atoms with van der Waals surface area (Å²) < 4.78 is 39.1. The van der Waals surface area contributed by atoms with Crippen molar-refractivity contribution in [2.75, 3.05) is 11.6 Å². The molecule has 1 fully saturated rings. The van der Waals surface area contributed by atoms with Crippen LogP contribution in [0, 0.1) is 17.6 Å². The van der Waals surface area contributed by atoms with Gasteiger partial charge in [0.05, 0.1) is 0 Å². The molecule has 1 heterocycles. The van der Waals surface area contributed by atoms with E-state index in [1.54, 1.807) is 11.8 Å². The second-order valence-corrected chi connectivity index (χ2v) is 5.60. The first-order chi connectivity index (χ1) is 8.60. The first-order valence-corrected chi connectivity index (χ1v) is 7.20. The number of nitrogens with zero attached hydrogens (tertiary/aromatic N) is 1. The van der Waals surface area contributed by atoms with Gasteiger partial charge in [-0.2, -0.15) is 21.1 Å². The van der Waals surface area contributed by atoms with Gasteiger partial charge in [0.1, 0.15) is 0 Å². The summed E-state index contributed by atoms with van der Waals surface area (Å²) in [4.78, 5) is 3.28. The highest BCUT2D eigenvalue weighted by Gasteiger charge is 2.23. The molecule has 2 unspecified atom stereocenters. The summed E-state index contributed by atoms with van der Waals surface area (Å²) >= 11 is 1.78. The molecule has 0 aromatic carbocycles. The monoisotopic (exact) mass is 276 g/mol. The van der Waals surface area contributed by atoms with Gasteiger partial charge in [-0.3, -0.25) is 0 Å². The highest BCUT2D eigenvalue weighted by molar-refractivity contribution is 7.99. The van der Waals surface area contributed by atoms with Gasteiger partial charge in [0, 0.05) is 17.4 Å². The molecule has 1 N–H and O–H groups in total. The fourth-order valence-corrected chi connectivity index (χ4v) is 3.06. The van der Waals surface area contributed by atoms with Gasteiger partial charge in [-0.05, 0) is 25.5 Å².